The SMILES string of the molecule is CCN(c1ccc(F)cc1)c1cccc(CO)n1. The Labute approximate surface area is 106 Å². The van der Waals surface area contributed by atoms with Crippen LogP contribution in [0.15, 0.2) is 42.5 Å². The monoisotopic (exact) mass is 246 g/mol. The van der Waals surface area contributed by atoms with E-state index in [1.165, 1.54) is 12.1 Å². The molecule has 18 heavy (non-hydrogen) atoms. The largest absolute Gasteiger partial charge is 0.390 e. The number of hydrogen-bond donors (Lipinski definition) is 1. The Kier molecular flexibility index (Phi) is 3.89. The summed E-state index contributed by atoms with van der Waals surface area (Å²) in [4.78, 5) is 6.30. The van der Waals surface area contributed by atoms with Crippen LogP contribution >= 0.6 is 0 Å². The minimum atomic E-state index is -0.258. The molecule has 4 heteroatoms. The van der Waals surface area contributed by atoms with Crippen LogP contribution in [0.2, 0.25) is 0 Å². The van der Waals surface area contributed by atoms with Crippen molar-refractivity contribution in [2.75, 3.05) is 11.4 Å². The highest BCUT2D eigenvalue weighted by Gasteiger charge is 2.09. The van der Waals surface area contributed by atoms with Crippen molar-refractivity contribution >= 4 is 11.5 Å². The fourth-order valence-corrected chi connectivity index (χ4v) is 1.80. The molecular weight excluding hydrogens is 231 g/mol. The molecule has 1 heterocycles. The average Bonchev–Trinajstić information content (AvgIpc) is 2.42. The summed E-state index contributed by atoms with van der Waals surface area (Å²) < 4.78 is 12.9. The van der Waals surface area contributed by atoms with Gasteiger partial charge in [0.15, 0.2) is 0 Å². The Morgan fingerprint density at radius 1 is 1.17 bits per heavy atom. The molecule has 0 aliphatic rings. The fraction of sp³-hybridized carbons (Fsp3) is 0.214. The summed E-state index contributed by atoms with van der Waals surface area (Å²) in [5, 5.41) is 9.09. The summed E-state index contributed by atoms with van der Waals surface area (Å²) in [7, 11) is 0. The van der Waals surface area contributed by atoms with Gasteiger partial charge in [-0.3, -0.25) is 0 Å². The fourth-order valence-electron chi connectivity index (χ4n) is 1.80. The molecule has 0 spiro atoms. The quantitative estimate of drug-likeness (QED) is 0.901. The number of hydrogen-bond acceptors (Lipinski definition) is 3. The second-order valence-electron chi connectivity index (χ2n) is 3.87. The molecule has 0 amide bonds. The summed E-state index contributed by atoms with van der Waals surface area (Å²) in [6, 6.07) is 11.8. The second-order valence-corrected chi connectivity index (χ2v) is 3.87. The van der Waals surface area contributed by atoms with Gasteiger partial charge in [-0.2, -0.15) is 0 Å². The van der Waals surface area contributed by atoms with Crippen LogP contribution in [0, 0.1) is 5.82 Å². The van der Waals surface area contributed by atoms with Crippen LogP contribution in [0.5, 0.6) is 0 Å². The molecule has 94 valence electrons. The number of benzene rings is 1. The molecular formula is C14H15FN2O. The molecule has 1 N–H and O–H groups in total. The van der Waals surface area contributed by atoms with Crippen molar-refractivity contribution in [3.05, 3.63) is 54.0 Å². The Morgan fingerprint density at radius 2 is 1.89 bits per heavy atom. The zero-order valence-corrected chi connectivity index (χ0v) is 10.2. The number of pyridine rings is 1. The first kappa shape index (κ1) is 12.5. The molecule has 0 saturated carbocycles. The Bertz CT molecular complexity index is 513. The molecule has 0 aliphatic heterocycles. The molecule has 1 aromatic heterocycles. The van der Waals surface area contributed by atoms with Crippen LogP contribution in [0.3, 0.4) is 0 Å². The molecule has 0 fully saturated rings. The van der Waals surface area contributed by atoms with Crippen LogP contribution in [-0.2, 0) is 6.61 Å². The summed E-state index contributed by atoms with van der Waals surface area (Å²) in [5.41, 5.74) is 1.49. The molecule has 2 aromatic rings. The third kappa shape index (κ3) is 2.65. The zero-order chi connectivity index (χ0) is 13.0. The van der Waals surface area contributed by atoms with Gasteiger partial charge in [-0.25, -0.2) is 9.37 Å². The Morgan fingerprint density at radius 3 is 2.50 bits per heavy atom. The van der Waals surface area contributed by atoms with Crippen molar-refractivity contribution in [1.29, 1.82) is 0 Å². The van der Waals surface area contributed by atoms with Gasteiger partial charge in [0, 0.05) is 12.2 Å². The smallest absolute Gasteiger partial charge is 0.133 e. The first-order valence-electron chi connectivity index (χ1n) is 5.84. The minimum absolute atomic E-state index is 0.0885. The number of aromatic nitrogens is 1. The van der Waals surface area contributed by atoms with E-state index < -0.39 is 0 Å². The maximum atomic E-state index is 12.9. The average molecular weight is 246 g/mol. The van der Waals surface area contributed by atoms with Crippen LogP contribution in [0.4, 0.5) is 15.9 Å². The number of aliphatic hydroxyl groups excluding tert-OH is 1. The van der Waals surface area contributed by atoms with E-state index in [-0.39, 0.29) is 12.4 Å². The molecule has 0 saturated heterocycles. The van der Waals surface area contributed by atoms with Crippen LogP contribution < -0.4 is 4.90 Å². The lowest BCUT2D eigenvalue weighted by Crippen LogP contribution is -2.17. The molecule has 0 atom stereocenters. The van der Waals surface area contributed by atoms with Crippen molar-refractivity contribution in [2.24, 2.45) is 0 Å². The predicted octanol–water partition coefficient (Wildman–Crippen LogP) is 2.87. The lowest BCUT2D eigenvalue weighted by molar-refractivity contribution is 0.277. The van der Waals surface area contributed by atoms with Crippen LogP contribution in [-0.4, -0.2) is 16.6 Å². The van der Waals surface area contributed by atoms with Crippen molar-refractivity contribution in [3.63, 3.8) is 0 Å². The van der Waals surface area contributed by atoms with E-state index in [2.05, 4.69) is 4.98 Å². The van der Waals surface area contributed by atoms with Gasteiger partial charge in [0.1, 0.15) is 11.6 Å². The van der Waals surface area contributed by atoms with E-state index in [0.717, 1.165) is 11.5 Å². The molecule has 2 rings (SSSR count). The van der Waals surface area contributed by atoms with Crippen molar-refractivity contribution in [3.8, 4) is 0 Å². The Hall–Kier alpha value is -1.94. The lowest BCUT2D eigenvalue weighted by atomic mass is 10.2. The summed E-state index contributed by atoms with van der Waals surface area (Å²) in [6.07, 6.45) is 0. The second kappa shape index (κ2) is 5.60. The van der Waals surface area contributed by atoms with E-state index in [1.807, 2.05) is 24.0 Å². The maximum Gasteiger partial charge on any atom is 0.133 e. The number of rotatable bonds is 4. The van der Waals surface area contributed by atoms with E-state index in [1.54, 1.807) is 18.2 Å². The highest BCUT2D eigenvalue weighted by atomic mass is 19.1. The van der Waals surface area contributed by atoms with E-state index in [4.69, 9.17) is 5.11 Å². The number of nitrogens with zero attached hydrogens (tertiary/aromatic N) is 2. The predicted molar refractivity (Wildman–Crippen MR) is 69.2 cm³/mol. The van der Waals surface area contributed by atoms with E-state index >= 15 is 0 Å². The van der Waals surface area contributed by atoms with Gasteiger partial charge in [-0.05, 0) is 43.3 Å². The molecule has 0 unspecified atom stereocenters. The van der Waals surface area contributed by atoms with Crippen LogP contribution in [0.25, 0.3) is 0 Å². The van der Waals surface area contributed by atoms with Crippen molar-refractivity contribution < 1.29 is 9.50 Å². The maximum absolute atomic E-state index is 12.9. The highest BCUT2D eigenvalue weighted by Crippen LogP contribution is 2.23. The summed E-state index contributed by atoms with van der Waals surface area (Å²) in [5.74, 6) is 0.488. The van der Waals surface area contributed by atoms with Gasteiger partial charge >= 0.3 is 0 Å². The van der Waals surface area contributed by atoms with Crippen LogP contribution in [0.1, 0.15) is 12.6 Å². The standard InChI is InChI=1S/C14H15FN2O/c1-2-17(13-8-6-11(15)7-9-13)14-5-3-4-12(10-18)16-14/h3-9,18H,2,10H2,1H3. The first-order chi connectivity index (χ1) is 8.74. The van der Waals surface area contributed by atoms with Gasteiger partial charge in [-0.1, -0.05) is 6.07 Å². The first-order valence-corrected chi connectivity index (χ1v) is 5.84. The van der Waals surface area contributed by atoms with Gasteiger partial charge in [-0.15, -0.1) is 0 Å². The Balaban J connectivity index is 2.35. The normalized spacial score (nSPS) is 10.4. The molecule has 0 aliphatic carbocycles. The van der Waals surface area contributed by atoms with Gasteiger partial charge in [0.05, 0.1) is 12.3 Å². The summed E-state index contributed by atoms with van der Waals surface area (Å²) in [6.45, 7) is 2.62. The van der Waals surface area contributed by atoms with Crippen molar-refractivity contribution in [2.45, 2.75) is 13.5 Å². The van der Waals surface area contributed by atoms with Crippen molar-refractivity contribution in [1.82, 2.24) is 4.98 Å². The molecule has 3 nitrogen and oxygen atoms in total. The topological polar surface area (TPSA) is 36.4 Å². The number of anilines is 2. The van der Waals surface area contributed by atoms with Gasteiger partial charge in [0.25, 0.3) is 0 Å². The zero-order valence-electron chi connectivity index (χ0n) is 10.2. The number of halogens is 1. The number of aliphatic hydroxyl groups is 1. The van der Waals surface area contributed by atoms with E-state index in [9.17, 15) is 4.39 Å². The molecule has 0 bridgehead atoms. The van der Waals surface area contributed by atoms with Gasteiger partial charge < -0.3 is 10.0 Å². The minimum Gasteiger partial charge on any atom is -0.390 e. The lowest BCUT2D eigenvalue weighted by Gasteiger charge is -2.22. The highest BCUT2D eigenvalue weighted by molar-refractivity contribution is 5.59. The third-order valence-electron chi connectivity index (χ3n) is 2.69. The van der Waals surface area contributed by atoms with E-state index in [0.29, 0.717) is 12.2 Å². The molecule has 0 radical (unpaired) electrons. The molecule has 1 aromatic carbocycles. The van der Waals surface area contributed by atoms with Gasteiger partial charge in [0.2, 0.25) is 0 Å². The third-order valence-corrected chi connectivity index (χ3v) is 2.69. The summed E-state index contributed by atoms with van der Waals surface area (Å²) >= 11 is 0.